The van der Waals surface area contributed by atoms with Crippen molar-refractivity contribution in [2.45, 2.75) is 50.6 Å². The average molecular weight is 387 g/mol. The van der Waals surface area contributed by atoms with E-state index in [1.165, 1.54) is 0 Å². The van der Waals surface area contributed by atoms with Crippen LogP contribution in [-0.2, 0) is 15.7 Å². The second-order valence-electron chi connectivity index (χ2n) is 7.11. The van der Waals surface area contributed by atoms with Gasteiger partial charge < -0.3 is 20.3 Å². The van der Waals surface area contributed by atoms with Crippen molar-refractivity contribution in [1.29, 1.82) is 0 Å². The third kappa shape index (κ3) is 4.67. The van der Waals surface area contributed by atoms with Crippen molar-refractivity contribution >= 4 is 11.9 Å². The van der Waals surface area contributed by atoms with E-state index in [-0.39, 0.29) is 23.9 Å². The van der Waals surface area contributed by atoms with Gasteiger partial charge in [0.15, 0.2) is 0 Å². The van der Waals surface area contributed by atoms with Crippen molar-refractivity contribution in [3.8, 4) is 0 Å². The zero-order valence-corrected chi connectivity index (χ0v) is 15.2. The first kappa shape index (κ1) is 19.8. The number of amides is 1. The number of nitrogens with zero attached hydrogens (tertiary/aromatic N) is 4. The highest BCUT2D eigenvalue weighted by molar-refractivity contribution is 5.83. The van der Waals surface area contributed by atoms with Gasteiger partial charge in [-0.15, -0.1) is 0 Å². The van der Waals surface area contributed by atoms with E-state index >= 15 is 0 Å². The lowest BCUT2D eigenvalue weighted by molar-refractivity contribution is -0.139. The Kier molecular flexibility index (Phi) is 5.85. The molecule has 2 fully saturated rings. The Labute approximate surface area is 155 Å². The molecule has 0 saturated carbocycles. The van der Waals surface area contributed by atoms with Crippen molar-refractivity contribution in [2.24, 2.45) is 5.73 Å². The fourth-order valence-electron chi connectivity index (χ4n) is 3.47. The molecule has 0 bridgehead atoms. The van der Waals surface area contributed by atoms with E-state index in [1.807, 2.05) is 16.7 Å². The molecule has 0 radical (unpaired) electrons. The molecule has 2 N–H and O–H groups in total. The summed E-state index contributed by atoms with van der Waals surface area (Å²) in [5.74, 6) is 0.284. The van der Waals surface area contributed by atoms with Crippen LogP contribution >= 0.6 is 0 Å². The predicted octanol–water partition coefficient (Wildman–Crippen LogP) is 1.43. The average Bonchev–Trinajstić information content (AvgIpc) is 3.00. The van der Waals surface area contributed by atoms with E-state index in [0.717, 1.165) is 25.2 Å². The molecule has 1 amide bonds. The van der Waals surface area contributed by atoms with E-state index in [4.69, 9.17) is 10.5 Å². The first-order valence-electron chi connectivity index (χ1n) is 9.07. The zero-order valence-electron chi connectivity index (χ0n) is 15.2. The third-order valence-electron chi connectivity index (χ3n) is 4.90. The Morgan fingerprint density at radius 2 is 1.85 bits per heavy atom. The van der Waals surface area contributed by atoms with Crippen LogP contribution in [0.3, 0.4) is 0 Å². The Bertz CT molecular complexity index is 645. The van der Waals surface area contributed by atoms with Crippen LogP contribution in [0.25, 0.3) is 0 Å². The maximum absolute atomic E-state index is 12.6. The number of hydrogen-bond acceptors (Lipinski definition) is 6. The van der Waals surface area contributed by atoms with E-state index in [9.17, 15) is 18.0 Å². The molecule has 2 aliphatic heterocycles. The first-order chi connectivity index (χ1) is 12.8. The van der Waals surface area contributed by atoms with Gasteiger partial charge in [-0.05, 0) is 19.8 Å². The minimum absolute atomic E-state index is 0.000111. The molecular formula is C17H24F3N5O2. The largest absolute Gasteiger partial charge is 0.419 e. The van der Waals surface area contributed by atoms with Crippen LogP contribution in [-0.4, -0.2) is 65.2 Å². The lowest BCUT2D eigenvalue weighted by Gasteiger charge is -2.36. The standard InChI is InChI=1S/C17H24F3N5O2/c1-11(21)10-27-14-4-7-25(15(14)26)13-2-5-24(6-3-13)16-22-8-12(9-23-16)17(18,19)20/h8-9,11,13-14H,2-7,10,21H2,1H3/t11-,14?/m0/s1. The van der Waals surface area contributed by atoms with Gasteiger partial charge in [0.1, 0.15) is 6.10 Å². The monoisotopic (exact) mass is 387 g/mol. The number of ether oxygens (including phenoxy) is 1. The Morgan fingerprint density at radius 1 is 1.22 bits per heavy atom. The normalized spacial score (nSPS) is 23.1. The maximum atomic E-state index is 12.6. The first-order valence-corrected chi connectivity index (χ1v) is 9.07. The number of anilines is 1. The Morgan fingerprint density at radius 3 is 2.41 bits per heavy atom. The molecular weight excluding hydrogens is 363 g/mol. The number of nitrogens with two attached hydrogens (primary N) is 1. The van der Waals surface area contributed by atoms with E-state index in [2.05, 4.69) is 9.97 Å². The number of piperidine rings is 1. The zero-order chi connectivity index (χ0) is 19.6. The molecule has 3 heterocycles. The molecule has 1 aromatic heterocycles. The number of aromatic nitrogens is 2. The maximum Gasteiger partial charge on any atom is 0.419 e. The van der Waals surface area contributed by atoms with Gasteiger partial charge in [0.05, 0.1) is 12.2 Å². The van der Waals surface area contributed by atoms with Crippen LogP contribution in [0.5, 0.6) is 0 Å². The molecule has 7 nitrogen and oxygen atoms in total. The molecule has 2 aliphatic rings. The number of hydrogen-bond donors (Lipinski definition) is 1. The summed E-state index contributed by atoms with van der Waals surface area (Å²) >= 11 is 0. The van der Waals surface area contributed by atoms with Crippen molar-refractivity contribution < 1.29 is 22.7 Å². The van der Waals surface area contributed by atoms with Crippen molar-refractivity contribution in [2.75, 3.05) is 31.1 Å². The van der Waals surface area contributed by atoms with Crippen LogP contribution in [0.2, 0.25) is 0 Å². The highest BCUT2D eigenvalue weighted by atomic mass is 19.4. The van der Waals surface area contributed by atoms with Gasteiger partial charge in [-0.3, -0.25) is 4.79 Å². The Balaban J connectivity index is 1.52. The molecule has 1 aromatic rings. The van der Waals surface area contributed by atoms with Gasteiger partial charge in [-0.2, -0.15) is 13.2 Å². The van der Waals surface area contributed by atoms with Gasteiger partial charge in [0.25, 0.3) is 5.91 Å². The van der Waals surface area contributed by atoms with Gasteiger partial charge in [-0.25, -0.2) is 9.97 Å². The van der Waals surface area contributed by atoms with E-state index in [0.29, 0.717) is 32.7 Å². The molecule has 150 valence electrons. The minimum atomic E-state index is -4.44. The summed E-state index contributed by atoms with van der Waals surface area (Å²) in [4.78, 5) is 23.9. The lowest BCUT2D eigenvalue weighted by atomic mass is 10.0. The third-order valence-corrected chi connectivity index (χ3v) is 4.90. The summed E-state index contributed by atoms with van der Waals surface area (Å²) in [5, 5.41) is 0. The summed E-state index contributed by atoms with van der Waals surface area (Å²) in [7, 11) is 0. The molecule has 27 heavy (non-hydrogen) atoms. The highest BCUT2D eigenvalue weighted by Crippen LogP contribution is 2.29. The second kappa shape index (κ2) is 7.97. The molecule has 2 atom stereocenters. The van der Waals surface area contributed by atoms with Crippen LogP contribution < -0.4 is 10.6 Å². The topological polar surface area (TPSA) is 84.6 Å². The van der Waals surface area contributed by atoms with Crippen LogP contribution in [0.4, 0.5) is 19.1 Å². The van der Waals surface area contributed by atoms with Gasteiger partial charge in [0.2, 0.25) is 5.95 Å². The fourth-order valence-corrected chi connectivity index (χ4v) is 3.47. The minimum Gasteiger partial charge on any atom is -0.367 e. The van der Waals surface area contributed by atoms with E-state index in [1.54, 1.807) is 0 Å². The number of likely N-dealkylation sites (tertiary alicyclic amines) is 1. The van der Waals surface area contributed by atoms with Crippen LogP contribution in [0.1, 0.15) is 31.7 Å². The Hall–Kier alpha value is -1.94. The van der Waals surface area contributed by atoms with Crippen LogP contribution in [0, 0.1) is 0 Å². The van der Waals surface area contributed by atoms with E-state index < -0.39 is 17.8 Å². The molecule has 10 heteroatoms. The quantitative estimate of drug-likeness (QED) is 0.823. The molecule has 0 aliphatic carbocycles. The molecule has 3 rings (SSSR count). The van der Waals surface area contributed by atoms with Gasteiger partial charge in [0, 0.05) is 50.5 Å². The smallest absolute Gasteiger partial charge is 0.367 e. The van der Waals surface area contributed by atoms with Crippen molar-refractivity contribution in [3.63, 3.8) is 0 Å². The molecule has 1 unspecified atom stereocenters. The van der Waals surface area contributed by atoms with Crippen molar-refractivity contribution in [3.05, 3.63) is 18.0 Å². The summed E-state index contributed by atoms with van der Waals surface area (Å²) in [6, 6.07) is -0.00841. The summed E-state index contributed by atoms with van der Waals surface area (Å²) in [6.07, 6.45) is -1.16. The molecule has 2 saturated heterocycles. The fraction of sp³-hybridized carbons (Fsp3) is 0.706. The number of carbonyl (C=O) groups excluding carboxylic acids is 1. The summed E-state index contributed by atoms with van der Waals surface area (Å²) in [5.41, 5.74) is 4.81. The predicted molar refractivity (Wildman–Crippen MR) is 92.0 cm³/mol. The number of rotatable bonds is 5. The van der Waals surface area contributed by atoms with Gasteiger partial charge >= 0.3 is 6.18 Å². The highest BCUT2D eigenvalue weighted by Gasteiger charge is 2.38. The SMILES string of the molecule is C[C@H](N)COC1CCN(C2CCN(c3ncc(C(F)(F)F)cn3)CC2)C1=O. The second-order valence-corrected chi connectivity index (χ2v) is 7.11. The van der Waals surface area contributed by atoms with Gasteiger partial charge in [-0.1, -0.05) is 0 Å². The number of halogens is 3. The van der Waals surface area contributed by atoms with Crippen LogP contribution in [0.15, 0.2) is 12.4 Å². The summed E-state index contributed by atoms with van der Waals surface area (Å²) in [6.45, 7) is 4.02. The molecule has 0 spiro atoms. The van der Waals surface area contributed by atoms with Crippen molar-refractivity contribution in [1.82, 2.24) is 14.9 Å². The molecule has 0 aromatic carbocycles. The number of alkyl halides is 3. The lowest BCUT2D eigenvalue weighted by Crippen LogP contribution is -2.47. The number of carbonyl (C=O) groups is 1. The summed E-state index contributed by atoms with van der Waals surface area (Å²) < 4.78 is 43.4.